The van der Waals surface area contributed by atoms with Gasteiger partial charge in [-0.2, -0.15) is 0 Å². The van der Waals surface area contributed by atoms with Crippen LogP contribution in [0.2, 0.25) is 0 Å². The number of aliphatic hydroxyl groups is 1. The lowest BCUT2D eigenvalue weighted by atomic mass is 9.95. The quantitative estimate of drug-likeness (QED) is 0.106. The number of hydrogen-bond acceptors (Lipinski definition) is 4. The number of allylic oxidation sites excluding steroid dienone is 4. The summed E-state index contributed by atoms with van der Waals surface area (Å²) >= 11 is 4.34. The van der Waals surface area contributed by atoms with Gasteiger partial charge in [0.25, 0.3) is 0 Å². The van der Waals surface area contributed by atoms with E-state index in [2.05, 4.69) is 55.5 Å². The molecule has 33 heavy (non-hydrogen) atoms. The fourth-order valence-electron chi connectivity index (χ4n) is 3.75. The zero-order valence-corrected chi connectivity index (χ0v) is 21.9. The predicted molar refractivity (Wildman–Crippen MR) is 150 cm³/mol. The van der Waals surface area contributed by atoms with Crippen molar-refractivity contribution >= 4 is 40.7 Å². The summed E-state index contributed by atoms with van der Waals surface area (Å²) in [6.07, 6.45) is 15.9. The fraction of sp³-hybridized carbons (Fsp3) is 0.310. The van der Waals surface area contributed by atoms with Crippen LogP contribution < -0.4 is 0 Å². The van der Waals surface area contributed by atoms with Crippen molar-refractivity contribution in [3.8, 4) is 0 Å². The molecule has 1 unspecified atom stereocenters. The van der Waals surface area contributed by atoms with E-state index >= 15 is 0 Å². The monoisotopic (exact) mass is 480 g/mol. The average molecular weight is 481 g/mol. The molecule has 0 radical (unpaired) electrons. The van der Waals surface area contributed by atoms with E-state index in [0.717, 1.165) is 46.4 Å². The third kappa shape index (κ3) is 8.08. The lowest BCUT2D eigenvalue weighted by Crippen LogP contribution is -2.26. The van der Waals surface area contributed by atoms with Crippen LogP contribution >= 0.6 is 22.5 Å². The maximum Gasteiger partial charge on any atom is 0.189 e. The second-order valence-corrected chi connectivity index (χ2v) is 9.45. The van der Waals surface area contributed by atoms with Gasteiger partial charge in [-0.25, -0.2) is 0 Å². The van der Waals surface area contributed by atoms with E-state index < -0.39 is 5.79 Å². The van der Waals surface area contributed by atoms with E-state index in [4.69, 9.17) is 4.74 Å². The minimum Gasteiger partial charge on any atom is -0.362 e. The highest BCUT2D eigenvalue weighted by Crippen LogP contribution is 2.31. The number of rotatable bonds is 12. The van der Waals surface area contributed by atoms with Crippen LogP contribution in [0.5, 0.6) is 0 Å². The van der Waals surface area contributed by atoms with Gasteiger partial charge in [0.2, 0.25) is 0 Å². The van der Waals surface area contributed by atoms with E-state index in [0.29, 0.717) is 6.61 Å². The molecule has 0 bridgehead atoms. The Morgan fingerprint density at radius 1 is 1.09 bits per heavy atom. The van der Waals surface area contributed by atoms with Gasteiger partial charge >= 0.3 is 0 Å². The van der Waals surface area contributed by atoms with Crippen LogP contribution in [0.4, 0.5) is 0 Å². The van der Waals surface area contributed by atoms with Gasteiger partial charge in [0.1, 0.15) is 0 Å². The Morgan fingerprint density at radius 2 is 1.88 bits per heavy atom. The van der Waals surface area contributed by atoms with Crippen molar-refractivity contribution in [1.29, 1.82) is 0 Å². The molecule has 2 rings (SSSR count). The second-order valence-electron chi connectivity index (χ2n) is 8.13. The first kappa shape index (κ1) is 27.3. The molecule has 0 aliphatic rings. The van der Waals surface area contributed by atoms with Crippen molar-refractivity contribution in [3.63, 3.8) is 0 Å². The summed E-state index contributed by atoms with van der Waals surface area (Å²) < 4.78 is 5.96. The van der Waals surface area contributed by atoms with Crippen LogP contribution in [0.1, 0.15) is 66.1 Å². The van der Waals surface area contributed by atoms with Crippen molar-refractivity contribution in [2.24, 2.45) is 0 Å². The first-order valence-electron chi connectivity index (χ1n) is 11.3. The SMILES string of the molecule is C=Cc1ccc(CCCOC(C)(O)c2cc(C)c(/C=C\C=C/C)c(CSS)c2)cc1/C=C\C. The van der Waals surface area contributed by atoms with Gasteiger partial charge in [-0.1, -0.05) is 84.2 Å². The highest BCUT2D eigenvalue weighted by molar-refractivity contribution is 8.68. The molecule has 0 aromatic heterocycles. The molecular formula is C29H36O2S2. The van der Waals surface area contributed by atoms with E-state index in [-0.39, 0.29) is 0 Å². The Morgan fingerprint density at radius 3 is 2.55 bits per heavy atom. The van der Waals surface area contributed by atoms with Crippen LogP contribution in [-0.4, -0.2) is 11.7 Å². The van der Waals surface area contributed by atoms with Crippen molar-refractivity contribution in [2.75, 3.05) is 6.61 Å². The van der Waals surface area contributed by atoms with Gasteiger partial charge in [0, 0.05) is 11.3 Å². The predicted octanol–water partition coefficient (Wildman–Crippen LogP) is 8.15. The first-order chi connectivity index (χ1) is 15.9. The minimum absolute atomic E-state index is 0.466. The summed E-state index contributed by atoms with van der Waals surface area (Å²) in [4.78, 5) is 0. The first-order valence-corrected chi connectivity index (χ1v) is 13.3. The van der Waals surface area contributed by atoms with Gasteiger partial charge in [0.05, 0.1) is 6.61 Å². The van der Waals surface area contributed by atoms with Gasteiger partial charge in [-0.3, -0.25) is 0 Å². The minimum atomic E-state index is -1.35. The molecule has 1 N–H and O–H groups in total. The van der Waals surface area contributed by atoms with Crippen LogP contribution in [0, 0.1) is 6.92 Å². The summed E-state index contributed by atoms with van der Waals surface area (Å²) in [6.45, 7) is 12.2. The van der Waals surface area contributed by atoms with Crippen LogP contribution in [0.3, 0.4) is 0 Å². The Hall–Kier alpha value is -1.98. The van der Waals surface area contributed by atoms with E-state index in [9.17, 15) is 5.11 Å². The molecule has 0 saturated heterocycles. The second kappa shape index (κ2) is 13.7. The third-order valence-electron chi connectivity index (χ3n) is 5.50. The molecule has 2 nitrogen and oxygen atoms in total. The molecule has 0 aliphatic carbocycles. The van der Waals surface area contributed by atoms with Crippen LogP contribution in [-0.2, 0) is 22.7 Å². The zero-order chi connectivity index (χ0) is 24.3. The zero-order valence-electron chi connectivity index (χ0n) is 20.2. The van der Waals surface area contributed by atoms with Crippen LogP contribution in [0.25, 0.3) is 18.2 Å². The van der Waals surface area contributed by atoms with Crippen molar-refractivity contribution in [3.05, 3.63) is 100 Å². The van der Waals surface area contributed by atoms with E-state index in [1.165, 1.54) is 21.9 Å². The van der Waals surface area contributed by atoms with Gasteiger partial charge < -0.3 is 9.84 Å². The molecule has 0 heterocycles. The molecule has 0 aliphatic heterocycles. The Balaban J connectivity index is 2.09. The Kier molecular flexibility index (Phi) is 11.3. The molecule has 176 valence electrons. The van der Waals surface area contributed by atoms with Crippen LogP contribution in [0.15, 0.2) is 61.2 Å². The van der Waals surface area contributed by atoms with Crippen molar-refractivity contribution in [2.45, 2.75) is 52.1 Å². The molecule has 0 spiro atoms. The summed E-state index contributed by atoms with van der Waals surface area (Å²) in [6, 6.07) is 10.5. The molecule has 4 heteroatoms. The summed E-state index contributed by atoms with van der Waals surface area (Å²) in [7, 11) is 1.47. The van der Waals surface area contributed by atoms with E-state index in [1.807, 2.05) is 56.4 Å². The normalized spacial score (nSPS) is 13.9. The Labute approximate surface area is 209 Å². The van der Waals surface area contributed by atoms with Gasteiger partial charge in [0.15, 0.2) is 5.79 Å². The average Bonchev–Trinajstić information content (AvgIpc) is 2.79. The fourth-order valence-corrected chi connectivity index (χ4v) is 4.54. The number of benzene rings is 2. The molecule has 0 saturated carbocycles. The van der Waals surface area contributed by atoms with Crippen molar-refractivity contribution in [1.82, 2.24) is 0 Å². The number of hydrogen-bond donors (Lipinski definition) is 2. The Bertz CT molecular complexity index is 1020. The lowest BCUT2D eigenvalue weighted by molar-refractivity contribution is -0.199. The standard InChI is InChI=1S/C29H36O2S2/c1-6-9-10-14-28-22(4)18-27(20-26(28)21-33-32)29(5,30)31-17-11-13-23-15-16-24(8-3)25(19-23)12-7-2/h6-10,12,14-16,18-20,30,32H,3,11,13,17,21H2,1-2,4-5H3/b9-6-,12-7-,14-10-. The maximum atomic E-state index is 11.1. The molecule has 0 amide bonds. The van der Waals surface area contributed by atoms with Crippen molar-refractivity contribution < 1.29 is 9.84 Å². The van der Waals surface area contributed by atoms with E-state index in [1.54, 1.807) is 6.92 Å². The maximum absolute atomic E-state index is 11.1. The molecule has 1 atom stereocenters. The number of thiol groups is 1. The largest absolute Gasteiger partial charge is 0.362 e. The van der Waals surface area contributed by atoms with Gasteiger partial charge in [-0.05, 0) is 80.0 Å². The summed E-state index contributed by atoms with van der Waals surface area (Å²) in [5, 5.41) is 11.1. The topological polar surface area (TPSA) is 29.5 Å². The molecule has 2 aromatic rings. The highest BCUT2D eigenvalue weighted by atomic mass is 33.1. The smallest absolute Gasteiger partial charge is 0.189 e. The summed E-state index contributed by atoms with van der Waals surface area (Å²) in [5.41, 5.74) is 7.72. The molecule has 2 aromatic carbocycles. The highest BCUT2D eigenvalue weighted by Gasteiger charge is 2.25. The lowest BCUT2D eigenvalue weighted by Gasteiger charge is -2.26. The summed E-state index contributed by atoms with van der Waals surface area (Å²) in [5.74, 6) is -0.603. The third-order valence-corrected chi connectivity index (χ3v) is 6.33. The van der Waals surface area contributed by atoms with Gasteiger partial charge in [-0.15, -0.1) is 11.7 Å². The molecular weight excluding hydrogens is 444 g/mol. The number of aryl methyl sites for hydroxylation is 2. The number of ether oxygens (including phenoxy) is 1. The molecule has 0 fully saturated rings.